The van der Waals surface area contributed by atoms with E-state index in [0.717, 1.165) is 6.42 Å². The number of hydrogen-bond acceptors (Lipinski definition) is 3. The van der Waals surface area contributed by atoms with Crippen LogP contribution in [-0.2, 0) is 6.42 Å². The van der Waals surface area contributed by atoms with Gasteiger partial charge in [-0.05, 0) is 48.1 Å². The zero-order chi connectivity index (χ0) is 15.2. The van der Waals surface area contributed by atoms with Crippen LogP contribution in [0, 0.1) is 5.92 Å². The first-order valence-corrected chi connectivity index (χ1v) is 7.64. The Morgan fingerprint density at radius 2 is 1.86 bits per heavy atom. The molecule has 2 rings (SSSR count). The van der Waals surface area contributed by atoms with Crippen LogP contribution >= 0.6 is 11.3 Å². The molecule has 1 aromatic heterocycles. The summed E-state index contributed by atoms with van der Waals surface area (Å²) in [6.07, 6.45) is 0.957. The Morgan fingerprint density at radius 1 is 1.19 bits per heavy atom. The summed E-state index contributed by atoms with van der Waals surface area (Å²) < 4.78 is 0. The van der Waals surface area contributed by atoms with Gasteiger partial charge in [-0.3, -0.25) is 9.59 Å². The monoisotopic (exact) mass is 302 g/mol. The van der Waals surface area contributed by atoms with Crippen molar-refractivity contribution in [2.45, 2.75) is 13.3 Å². The third kappa shape index (κ3) is 4.43. The predicted molar refractivity (Wildman–Crippen MR) is 84.5 cm³/mol. The molecule has 0 fully saturated rings. The van der Waals surface area contributed by atoms with E-state index in [-0.39, 0.29) is 5.91 Å². The van der Waals surface area contributed by atoms with Crippen LogP contribution in [0.3, 0.4) is 0 Å². The molecular weight excluding hydrogens is 284 g/mol. The molecule has 1 aromatic carbocycles. The number of primary amides is 1. The molecule has 0 bridgehead atoms. The van der Waals surface area contributed by atoms with E-state index in [1.807, 2.05) is 6.07 Å². The van der Waals surface area contributed by atoms with Crippen molar-refractivity contribution in [1.29, 1.82) is 0 Å². The highest BCUT2D eigenvalue weighted by Gasteiger charge is 2.09. The van der Waals surface area contributed by atoms with Crippen molar-refractivity contribution in [2.24, 2.45) is 11.7 Å². The van der Waals surface area contributed by atoms with Crippen molar-refractivity contribution in [3.63, 3.8) is 0 Å². The fourth-order valence-corrected chi connectivity index (χ4v) is 2.87. The molecule has 0 aliphatic carbocycles. The van der Waals surface area contributed by atoms with Crippen LogP contribution in [0.4, 0.5) is 0 Å². The Labute approximate surface area is 128 Å². The molecule has 21 heavy (non-hydrogen) atoms. The van der Waals surface area contributed by atoms with Crippen LogP contribution in [0.25, 0.3) is 0 Å². The van der Waals surface area contributed by atoms with E-state index < -0.39 is 5.91 Å². The summed E-state index contributed by atoms with van der Waals surface area (Å²) in [5.41, 5.74) is 6.10. The van der Waals surface area contributed by atoms with Crippen molar-refractivity contribution in [2.75, 3.05) is 6.54 Å². The molecule has 4 nitrogen and oxygen atoms in total. The maximum Gasteiger partial charge on any atom is 0.251 e. The molecule has 0 saturated carbocycles. The standard InChI is InChI=1S/C16H18N2O2S/c1-11(9-14-3-2-8-21-14)10-18-16(20)13-6-4-12(5-7-13)15(17)19/h2-8,11H,9-10H2,1H3,(H2,17,19)(H,18,20). The zero-order valence-electron chi connectivity index (χ0n) is 11.8. The highest BCUT2D eigenvalue weighted by molar-refractivity contribution is 7.09. The van der Waals surface area contributed by atoms with Gasteiger partial charge in [0.2, 0.25) is 5.91 Å². The predicted octanol–water partition coefficient (Wildman–Crippen LogP) is 2.46. The molecule has 0 aliphatic heterocycles. The number of rotatable bonds is 6. The first-order valence-electron chi connectivity index (χ1n) is 6.76. The van der Waals surface area contributed by atoms with Gasteiger partial charge in [0.25, 0.3) is 5.91 Å². The van der Waals surface area contributed by atoms with Crippen molar-refractivity contribution in [3.8, 4) is 0 Å². The summed E-state index contributed by atoms with van der Waals surface area (Å²) in [6.45, 7) is 2.73. The Bertz CT molecular complexity index is 606. The fourth-order valence-electron chi connectivity index (χ4n) is 2.00. The smallest absolute Gasteiger partial charge is 0.251 e. The topological polar surface area (TPSA) is 72.2 Å². The number of carbonyl (C=O) groups is 2. The largest absolute Gasteiger partial charge is 0.366 e. The molecule has 1 atom stereocenters. The number of carbonyl (C=O) groups excluding carboxylic acids is 2. The average Bonchev–Trinajstić information content (AvgIpc) is 2.97. The maximum absolute atomic E-state index is 12.0. The van der Waals surface area contributed by atoms with E-state index in [4.69, 9.17) is 5.73 Å². The van der Waals surface area contributed by atoms with Crippen LogP contribution < -0.4 is 11.1 Å². The molecule has 110 valence electrons. The number of benzene rings is 1. The molecule has 2 amide bonds. The first-order chi connectivity index (χ1) is 10.1. The van der Waals surface area contributed by atoms with Crippen molar-refractivity contribution < 1.29 is 9.59 Å². The van der Waals surface area contributed by atoms with Gasteiger partial charge >= 0.3 is 0 Å². The second kappa shape index (κ2) is 7.04. The summed E-state index contributed by atoms with van der Waals surface area (Å²) in [5.74, 6) is -0.256. The molecule has 0 aliphatic rings. The highest BCUT2D eigenvalue weighted by Crippen LogP contribution is 2.14. The van der Waals surface area contributed by atoms with E-state index in [1.54, 1.807) is 35.6 Å². The number of nitrogens with one attached hydrogen (secondary N) is 1. The van der Waals surface area contributed by atoms with Crippen LogP contribution in [0.2, 0.25) is 0 Å². The van der Waals surface area contributed by atoms with Crippen molar-refractivity contribution in [3.05, 3.63) is 57.8 Å². The van der Waals surface area contributed by atoms with Crippen LogP contribution in [-0.4, -0.2) is 18.4 Å². The van der Waals surface area contributed by atoms with Crippen LogP contribution in [0.15, 0.2) is 41.8 Å². The lowest BCUT2D eigenvalue weighted by Crippen LogP contribution is -2.29. The molecule has 1 unspecified atom stereocenters. The van der Waals surface area contributed by atoms with Gasteiger partial charge in [0.05, 0.1) is 0 Å². The number of thiophene rings is 1. The van der Waals surface area contributed by atoms with E-state index in [2.05, 4.69) is 23.7 Å². The minimum Gasteiger partial charge on any atom is -0.366 e. The number of hydrogen-bond donors (Lipinski definition) is 2. The molecule has 3 N–H and O–H groups in total. The van der Waals surface area contributed by atoms with Gasteiger partial charge in [0, 0.05) is 22.5 Å². The first kappa shape index (κ1) is 15.3. The summed E-state index contributed by atoms with van der Waals surface area (Å²) in [6, 6.07) is 10.5. The molecule has 1 heterocycles. The van der Waals surface area contributed by atoms with E-state index in [0.29, 0.717) is 23.6 Å². The second-order valence-corrected chi connectivity index (χ2v) is 6.07. The van der Waals surface area contributed by atoms with Gasteiger partial charge in [-0.2, -0.15) is 0 Å². The van der Waals surface area contributed by atoms with E-state index in [9.17, 15) is 9.59 Å². The van der Waals surface area contributed by atoms with Gasteiger partial charge in [0.15, 0.2) is 0 Å². The minimum absolute atomic E-state index is 0.135. The summed E-state index contributed by atoms with van der Waals surface area (Å²) in [7, 11) is 0. The molecule has 2 aromatic rings. The Kier molecular flexibility index (Phi) is 5.11. The van der Waals surface area contributed by atoms with Gasteiger partial charge in [-0.25, -0.2) is 0 Å². The zero-order valence-corrected chi connectivity index (χ0v) is 12.7. The van der Waals surface area contributed by atoms with Crippen LogP contribution in [0.5, 0.6) is 0 Å². The molecular formula is C16H18N2O2S. The van der Waals surface area contributed by atoms with E-state index >= 15 is 0 Å². The summed E-state index contributed by atoms with van der Waals surface area (Å²) in [5, 5.41) is 4.97. The van der Waals surface area contributed by atoms with Gasteiger partial charge < -0.3 is 11.1 Å². The summed E-state index contributed by atoms with van der Waals surface area (Å²) >= 11 is 1.73. The molecule has 5 heteroatoms. The number of amides is 2. The van der Waals surface area contributed by atoms with Gasteiger partial charge in [-0.1, -0.05) is 13.0 Å². The highest BCUT2D eigenvalue weighted by atomic mass is 32.1. The molecule has 0 spiro atoms. The number of nitrogens with two attached hydrogens (primary N) is 1. The lowest BCUT2D eigenvalue weighted by atomic mass is 10.1. The van der Waals surface area contributed by atoms with Gasteiger partial charge in [0.1, 0.15) is 0 Å². The van der Waals surface area contributed by atoms with E-state index in [1.165, 1.54) is 4.88 Å². The normalized spacial score (nSPS) is 11.9. The Hall–Kier alpha value is -2.14. The Balaban J connectivity index is 1.85. The third-order valence-corrected chi connectivity index (χ3v) is 4.07. The lowest BCUT2D eigenvalue weighted by Gasteiger charge is -2.11. The van der Waals surface area contributed by atoms with Crippen LogP contribution in [0.1, 0.15) is 32.5 Å². The SMILES string of the molecule is CC(CNC(=O)c1ccc(C(N)=O)cc1)Cc1cccs1. The quantitative estimate of drug-likeness (QED) is 0.860. The molecule has 0 radical (unpaired) electrons. The molecule has 0 saturated heterocycles. The Morgan fingerprint density at radius 3 is 2.43 bits per heavy atom. The minimum atomic E-state index is -0.494. The fraction of sp³-hybridized carbons (Fsp3) is 0.250. The second-order valence-electron chi connectivity index (χ2n) is 5.04. The van der Waals surface area contributed by atoms with Crippen molar-refractivity contribution in [1.82, 2.24) is 5.32 Å². The lowest BCUT2D eigenvalue weighted by molar-refractivity contribution is 0.0945. The van der Waals surface area contributed by atoms with Gasteiger partial charge in [-0.15, -0.1) is 11.3 Å². The van der Waals surface area contributed by atoms with Crippen molar-refractivity contribution >= 4 is 23.2 Å². The summed E-state index contributed by atoms with van der Waals surface area (Å²) in [4.78, 5) is 24.3. The third-order valence-electron chi connectivity index (χ3n) is 3.17. The average molecular weight is 302 g/mol. The maximum atomic E-state index is 12.0.